The summed E-state index contributed by atoms with van der Waals surface area (Å²) in [6.07, 6.45) is 1.46. The van der Waals surface area contributed by atoms with Crippen LogP contribution in [0, 0.1) is 0 Å². The molecular formula is C11H15NOS. The van der Waals surface area contributed by atoms with Crippen LogP contribution < -0.4 is 0 Å². The number of thiophene rings is 1. The van der Waals surface area contributed by atoms with Crippen LogP contribution in [0.15, 0.2) is 16.8 Å². The van der Waals surface area contributed by atoms with Crippen LogP contribution in [0.4, 0.5) is 0 Å². The molecule has 0 N–H and O–H groups in total. The second-order valence-electron chi connectivity index (χ2n) is 3.94. The van der Waals surface area contributed by atoms with Crippen molar-refractivity contribution in [2.45, 2.75) is 32.4 Å². The molecule has 2 nitrogen and oxygen atoms in total. The number of likely N-dealkylation sites (tertiary alicyclic amines) is 1. The molecule has 1 aliphatic heterocycles. The number of Topliss-reactive ketones (excluding diaryl/α,β-unsaturated/α-hetero) is 1. The average molecular weight is 209 g/mol. The predicted molar refractivity (Wildman–Crippen MR) is 58.4 cm³/mol. The van der Waals surface area contributed by atoms with Crippen LogP contribution in [0.1, 0.15) is 25.3 Å². The number of ketones is 1. The van der Waals surface area contributed by atoms with Crippen molar-refractivity contribution in [3.63, 3.8) is 0 Å². The van der Waals surface area contributed by atoms with E-state index < -0.39 is 0 Å². The van der Waals surface area contributed by atoms with Crippen molar-refractivity contribution in [1.29, 1.82) is 0 Å². The second-order valence-corrected chi connectivity index (χ2v) is 4.72. The maximum absolute atomic E-state index is 11.2. The van der Waals surface area contributed by atoms with Gasteiger partial charge in [0.1, 0.15) is 5.78 Å². The smallest absolute Gasteiger partial charge is 0.135 e. The quantitative estimate of drug-likeness (QED) is 0.745. The SMILES string of the molecule is CC1CC(=O)CCN1Cc1ccsc1. The molecule has 0 radical (unpaired) electrons. The van der Waals surface area contributed by atoms with E-state index in [1.165, 1.54) is 5.56 Å². The maximum Gasteiger partial charge on any atom is 0.135 e. The van der Waals surface area contributed by atoms with E-state index in [-0.39, 0.29) is 0 Å². The Kier molecular flexibility index (Phi) is 2.99. The molecule has 0 bridgehead atoms. The zero-order valence-electron chi connectivity index (χ0n) is 8.40. The van der Waals surface area contributed by atoms with Gasteiger partial charge >= 0.3 is 0 Å². The molecule has 1 saturated heterocycles. The highest BCUT2D eigenvalue weighted by Gasteiger charge is 2.23. The molecular weight excluding hydrogens is 194 g/mol. The van der Waals surface area contributed by atoms with Gasteiger partial charge in [-0.15, -0.1) is 0 Å². The molecule has 1 aromatic heterocycles. The first kappa shape index (κ1) is 9.87. The van der Waals surface area contributed by atoms with Gasteiger partial charge in [-0.3, -0.25) is 9.69 Å². The summed E-state index contributed by atoms with van der Waals surface area (Å²) in [7, 11) is 0. The maximum atomic E-state index is 11.2. The van der Waals surface area contributed by atoms with Crippen LogP contribution in [0.25, 0.3) is 0 Å². The lowest BCUT2D eigenvalue weighted by Gasteiger charge is -2.32. The molecule has 2 heterocycles. The Morgan fingerprint density at radius 3 is 3.14 bits per heavy atom. The Morgan fingerprint density at radius 1 is 1.64 bits per heavy atom. The largest absolute Gasteiger partial charge is 0.300 e. The van der Waals surface area contributed by atoms with Crippen LogP contribution in [0.2, 0.25) is 0 Å². The molecule has 0 saturated carbocycles. The average Bonchev–Trinajstić information content (AvgIpc) is 2.62. The third kappa shape index (κ3) is 2.22. The highest BCUT2D eigenvalue weighted by Crippen LogP contribution is 2.18. The summed E-state index contributed by atoms with van der Waals surface area (Å²) in [6.45, 7) is 4.07. The Balaban J connectivity index is 1.95. The number of hydrogen-bond acceptors (Lipinski definition) is 3. The van der Waals surface area contributed by atoms with Gasteiger partial charge < -0.3 is 0 Å². The van der Waals surface area contributed by atoms with Crippen LogP contribution in [-0.4, -0.2) is 23.3 Å². The summed E-state index contributed by atoms with van der Waals surface area (Å²) in [5.41, 5.74) is 1.37. The van der Waals surface area contributed by atoms with E-state index in [0.717, 1.165) is 25.9 Å². The van der Waals surface area contributed by atoms with Gasteiger partial charge in [0.25, 0.3) is 0 Å². The van der Waals surface area contributed by atoms with Crippen molar-refractivity contribution < 1.29 is 4.79 Å². The fourth-order valence-electron chi connectivity index (χ4n) is 1.90. The molecule has 14 heavy (non-hydrogen) atoms. The van der Waals surface area contributed by atoms with Crippen molar-refractivity contribution in [2.75, 3.05) is 6.54 Å². The van der Waals surface area contributed by atoms with Gasteiger partial charge in [-0.1, -0.05) is 0 Å². The van der Waals surface area contributed by atoms with Crippen LogP contribution >= 0.6 is 11.3 Å². The second kappa shape index (κ2) is 4.24. The summed E-state index contributed by atoms with van der Waals surface area (Å²) < 4.78 is 0. The normalized spacial score (nSPS) is 24.1. The Hall–Kier alpha value is -0.670. The first-order valence-corrected chi connectivity index (χ1v) is 5.97. The van der Waals surface area contributed by atoms with Crippen LogP contribution in [0.3, 0.4) is 0 Å². The van der Waals surface area contributed by atoms with Gasteiger partial charge in [-0.25, -0.2) is 0 Å². The van der Waals surface area contributed by atoms with E-state index >= 15 is 0 Å². The molecule has 0 amide bonds. The lowest BCUT2D eigenvalue weighted by Crippen LogP contribution is -2.40. The number of rotatable bonds is 2. The van der Waals surface area contributed by atoms with Crippen molar-refractivity contribution >= 4 is 17.1 Å². The van der Waals surface area contributed by atoms with Crippen molar-refractivity contribution in [2.24, 2.45) is 0 Å². The lowest BCUT2D eigenvalue weighted by atomic mass is 10.0. The van der Waals surface area contributed by atoms with Crippen molar-refractivity contribution in [1.82, 2.24) is 4.90 Å². The molecule has 0 aromatic carbocycles. The van der Waals surface area contributed by atoms with E-state index in [2.05, 4.69) is 28.7 Å². The summed E-state index contributed by atoms with van der Waals surface area (Å²) in [5.74, 6) is 0.416. The van der Waals surface area contributed by atoms with Crippen LogP contribution in [-0.2, 0) is 11.3 Å². The number of hydrogen-bond donors (Lipinski definition) is 0. The van der Waals surface area contributed by atoms with Gasteiger partial charge in [0.15, 0.2) is 0 Å². The molecule has 0 aliphatic carbocycles. The van der Waals surface area contributed by atoms with Crippen LogP contribution in [0.5, 0.6) is 0 Å². The Morgan fingerprint density at radius 2 is 2.50 bits per heavy atom. The van der Waals surface area contributed by atoms with Crippen molar-refractivity contribution in [3.05, 3.63) is 22.4 Å². The summed E-state index contributed by atoms with van der Waals surface area (Å²) in [6, 6.07) is 2.57. The zero-order chi connectivity index (χ0) is 9.97. The van der Waals surface area contributed by atoms with Gasteiger partial charge in [-0.05, 0) is 29.3 Å². The number of nitrogens with zero attached hydrogens (tertiary/aromatic N) is 1. The molecule has 2 rings (SSSR count). The van der Waals surface area contributed by atoms with Gasteiger partial charge in [0.05, 0.1) is 0 Å². The standard InChI is InChI=1S/C11H15NOS/c1-9-6-11(13)2-4-12(9)7-10-3-5-14-8-10/h3,5,8-9H,2,4,6-7H2,1H3. The van der Waals surface area contributed by atoms with E-state index in [0.29, 0.717) is 11.8 Å². The topological polar surface area (TPSA) is 20.3 Å². The fourth-order valence-corrected chi connectivity index (χ4v) is 2.56. The minimum atomic E-state index is 0.413. The predicted octanol–water partition coefficient (Wildman–Crippen LogP) is 2.30. The molecule has 1 aromatic rings. The third-order valence-corrected chi connectivity index (χ3v) is 3.52. The lowest BCUT2D eigenvalue weighted by molar-refractivity contribution is -0.123. The van der Waals surface area contributed by atoms with Gasteiger partial charge in [0, 0.05) is 32.0 Å². The number of carbonyl (C=O) groups is 1. The fraction of sp³-hybridized carbons (Fsp3) is 0.545. The van der Waals surface area contributed by atoms with E-state index in [1.807, 2.05) is 0 Å². The minimum Gasteiger partial charge on any atom is -0.300 e. The summed E-state index contributed by atoms with van der Waals surface area (Å²) in [4.78, 5) is 13.6. The van der Waals surface area contributed by atoms with E-state index in [4.69, 9.17) is 0 Å². The first-order valence-electron chi connectivity index (χ1n) is 5.02. The molecule has 1 unspecified atom stereocenters. The minimum absolute atomic E-state index is 0.413. The van der Waals surface area contributed by atoms with Gasteiger partial charge in [0.2, 0.25) is 0 Å². The highest BCUT2D eigenvalue weighted by atomic mass is 32.1. The summed E-state index contributed by atoms with van der Waals surface area (Å²) in [5, 5.41) is 4.29. The molecule has 3 heteroatoms. The first-order chi connectivity index (χ1) is 6.75. The molecule has 0 spiro atoms. The zero-order valence-corrected chi connectivity index (χ0v) is 9.22. The number of carbonyl (C=O) groups excluding carboxylic acids is 1. The van der Waals surface area contributed by atoms with Gasteiger partial charge in [-0.2, -0.15) is 11.3 Å². The van der Waals surface area contributed by atoms with Crippen molar-refractivity contribution in [3.8, 4) is 0 Å². The van der Waals surface area contributed by atoms with E-state index in [1.54, 1.807) is 11.3 Å². The molecule has 1 fully saturated rings. The molecule has 1 aliphatic rings. The highest BCUT2D eigenvalue weighted by molar-refractivity contribution is 7.07. The van der Waals surface area contributed by atoms with E-state index in [9.17, 15) is 4.79 Å². The monoisotopic (exact) mass is 209 g/mol. The Bertz CT molecular complexity index is 307. The third-order valence-electron chi connectivity index (χ3n) is 2.79. The Labute approximate surface area is 88.5 Å². The number of piperidine rings is 1. The summed E-state index contributed by atoms with van der Waals surface area (Å²) >= 11 is 1.74. The molecule has 1 atom stereocenters. The molecule has 76 valence electrons.